The molecule has 0 saturated carbocycles. The van der Waals surface area contributed by atoms with Gasteiger partial charge in [0.1, 0.15) is 0 Å². The minimum absolute atomic E-state index is 0.0858. The summed E-state index contributed by atoms with van der Waals surface area (Å²) in [6.07, 6.45) is 0.121. The number of aliphatic imine (C=N–C) groups is 1. The molecule has 2 atom stereocenters. The predicted molar refractivity (Wildman–Crippen MR) is 118 cm³/mol. The van der Waals surface area contributed by atoms with Gasteiger partial charge in [-0.15, -0.1) is 0 Å². The molecular weight excluding hydrogens is 428 g/mol. The lowest BCUT2D eigenvalue weighted by molar-refractivity contribution is -0.117. The van der Waals surface area contributed by atoms with Crippen molar-refractivity contribution in [1.82, 2.24) is 4.90 Å². The van der Waals surface area contributed by atoms with Gasteiger partial charge in [-0.3, -0.25) is 4.79 Å². The van der Waals surface area contributed by atoms with E-state index in [2.05, 4.69) is 4.99 Å². The molecule has 4 rings (SSSR count). The lowest BCUT2D eigenvalue weighted by Gasteiger charge is -2.24. The molecule has 5 nitrogen and oxygen atoms in total. The summed E-state index contributed by atoms with van der Waals surface area (Å²) in [5.74, 6) is -0.0454. The second kappa shape index (κ2) is 8.13. The molecule has 152 valence electrons. The maximum Gasteiger partial charge on any atom is 0.252 e. The van der Waals surface area contributed by atoms with Crippen LogP contribution in [0.1, 0.15) is 16.7 Å². The largest absolute Gasteiger partial charge is 0.342 e. The molecule has 0 aromatic heterocycles. The maximum absolute atomic E-state index is 12.6. The SMILES string of the molecule is Cc1ccc(CN2C(=NC(=O)Cc3ccccc3Cl)S[C@@H]3CS(=O)(=O)C[C@@H]32)cc1. The van der Waals surface area contributed by atoms with Crippen molar-refractivity contribution in [2.45, 2.75) is 31.2 Å². The number of rotatable bonds is 4. The number of benzene rings is 2. The number of sulfone groups is 1. The number of thioether (sulfide) groups is 1. The fourth-order valence-corrected chi connectivity index (χ4v) is 7.83. The number of fused-ring (bicyclic) bond motifs is 1. The lowest BCUT2D eigenvalue weighted by atomic mass is 10.1. The molecule has 2 heterocycles. The Morgan fingerprint density at radius 1 is 1.17 bits per heavy atom. The van der Waals surface area contributed by atoms with Gasteiger partial charge in [-0.25, -0.2) is 8.42 Å². The molecule has 0 unspecified atom stereocenters. The average molecular weight is 449 g/mol. The van der Waals surface area contributed by atoms with Crippen molar-refractivity contribution in [1.29, 1.82) is 0 Å². The first-order valence-electron chi connectivity index (χ1n) is 9.35. The molecule has 0 aliphatic carbocycles. The fraction of sp³-hybridized carbons (Fsp3) is 0.333. The quantitative estimate of drug-likeness (QED) is 0.716. The second-order valence-corrected chi connectivity index (χ2v) is 11.2. The summed E-state index contributed by atoms with van der Waals surface area (Å²) in [5, 5.41) is 1.06. The summed E-state index contributed by atoms with van der Waals surface area (Å²) in [6, 6.07) is 15.2. The summed E-state index contributed by atoms with van der Waals surface area (Å²) in [7, 11) is -3.06. The van der Waals surface area contributed by atoms with Crippen LogP contribution in [0.3, 0.4) is 0 Å². The van der Waals surface area contributed by atoms with E-state index in [1.54, 1.807) is 6.07 Å². The highest BCUT2D eigenvalue weighted by Crippen LogP contribution is 2.39. The van der Waals surface area contributed by atoms with Crippen molar-refractivity contribution >= 4 is 44.3 Å². The minimum atomic E-state index is -3.06. The Bertz CT molecular complexity index is 1070. The zero-order valence-corrected chi connectivity index (χ0v) is 18.3. The Morgan fingerprint density at radius 2 is 1.90 bits per heavy atom. The molecule has 8 heteroatoms. The highest BCUT2D eigenvalue weighted by molar-refractivity contribution is 8.15. The molecule has 2 aliphatic rings. The van der Waals surface area contributed by atoms with Gasteiger partial charge in [0.25, 0.3) is 5.91 Å². The highest BCUT2D eigenvalue weighted by Gasteiger charge is 2.48. The van der Waals surface area contributed by atoms with Crippen LogP contribution in [0.15, 0.2) is 53.5 Å². The number of amides is 1. The molecule has 0 radical (unpaired) electrons. The molecule has 0 N–H and O–H groups in total. The smallest absolute Gasteiger partial charge is 0.252 e. The van der Waals surface area contributed by atoms with Crippen molar-refractivity contribution in [3.05, 3.63) is 70.2 Å². The first-order valence-corrected chi connectivity index (χ1v) is 12.4. The maximum atomic E-state index is 12.6. The molecule has 2 fully saturated rings. The molecule has 0 spiro atoms. The Morgan fingerprint density at radius 3 is 2.62 bits per heavy atom. The predicted octanol–water partition coefficient (Wildman–Crippen LogP) is 3.49. The average Bonchev–Trinajstić information content (AvgIpc) is 3.11. The summed E-state index contributed by atoms with van der Waals surface area (Å²) >= 11 is 7.56. The molecule has 2 aromatic carbocycles. The van der Waals surface area contributed by atoms with Gasteiger partial charge in [-0.05, 0) is 24.1 Å². The van der Waals surface area contributed by atoms with Crippen LogP contribution in [0.25, 0.3) is 0 Å². The second-order valence-electron chi connectivity index (χ2n) is 7.47. The third kappa shape index (κ3) is 4.68. The molecule has 0 bridgehead atoms. The van der Waals surface area contributed by atoms with Crippen molar-refractivity contribution in [2.75, 3.05) is 11.5 Å². The summed E-state index contributed by atoms with van der Waals surface area (Å²) < 4.78 is 24.3. The first-order chi connectivity index (χ1) is 13.8. The van der Waals surface area contributed by atoms with E-state index in [0.29, 0.717) is 16.7 Å². The molecule has 29 heavy (non-hydrogen) atoms. The fourth-order valence-electron chi connectivity index (χ4n) is 3.66. The van der Waals surface area contributed by atoms with Crippen molar-refractivity contribution < 1.29 is 13.2 Å². The van der Waals surface area contributed by atoms with E-state index in [-0.39, 0.29) is 35.1 Å². The van der Waals surface area contributed by atoms with Crippen LogP contribution in [0, 0.1) is 6.92 Å². The molecule has 1 amide bonds. The van der Waals surface area contributed by atoms with E-state index in [1.807, 2.05) is 54.3 Å². The third-order valence-corrected chi connectivity index (χ3v) is 8.78. The first kappa shape index (κ1) is 20.4. The Kier molecular flexibility index (Phi) is 5.73. The summed E-state index contributed by atoms with van der Waals surface area (Å²) in [6.45, 7) is 2.55. The van der Waals surface area contributed by atoms with Crippen LogP contribution >= 0.6 is 23.4 Å². The van der Waals surface area contributed by atoms with Crippen LogP contribution in [0.2, 0.25) is 5.02 Å². The van der Waals surface area contributed by atoms with E-state index in [4.69, 9.17) is 11.6 Å². The Labute approximate surface area is 180 Å². The molecule has 2 aliphatic heterocycles. The number of amidine groups is 1. The molecule has 2 aromatic rings. The van der Waals surface area contributed by atoms with E-state index in [1.165, 1.54) is 11.8 Å². The Balaban J connectivity index is 1.58. The lowest BCUT2D eigenvalue weighted by Crippen LogP contribution is -2.37. The Hall–Kier alpha value is -1.83. The third-order valence-electron chi connectivity index (χ3n) is 5.17. The number of carbonyl (C=O) groups is 1. The minimum Gasteiger partial charge on any atom is -0.342 e. The number of hydrogen-bond donors (Lipinski definition) is 0. The van der Waals surface area contributed by atoms with Gasteiger partial charge in [0.05, 0.1) is 24.0 Å². The number of carbonyl (C=O) groups excluding carboxylic acids is 1. The highest BCUT2D eigenvalue weighted by atomic mass is 35.5. The number of nitrogens with zero attached hydrogens (tertiary/aromatic N) is 2. The zero-order valence-electron chi connectivity index (χ0n) is 15.9. The molecule has 2 saturated heterocycles. The topological polar surface area (TPSA) is 66.8 Å². The monoisotopic (exact) mass is 448 g/mol. The van der Waals surface area contributed by atoms with Gasteiger partial charge < -0.3 is 4.90 Å². The van der Waals surface area contributed by atoms with Gasteiger partial charge >= 0.3 is 0 Å². The van der Waals surface area contributed by atoms with Crippen molar-refractivity contribution in [3.63, 3.8) is 0 Å². The van der Waals surface area contributed by atoms with Crippen LogP contribution in [-0.2, 0) is 27.6 Å². The van der Waals surface area contributed by atoms with Crippen LogP contribution < -0.4 is 0 Å². The van der Waals surface area contributed by atoms with Crippen molar-refractivity contribution in [2.24, 2.45) is 4.99 Å². The number of halogens is 1. The number of hydrogen-bond acceptors (Lipinski definition) is 4. The van der Waals surface area contributed by atoms with Gasteiger partial charge in [0, 0.05) is 16.8 Å². The zero-order chi connectivity index (χ0) is 20.6. The van der Waals surface area contributed by atoms with Crippen LogP contribution in [-0.4, -0.2) is 47.2 Å². The van der Waals surface area contributed by atoms with Gasteiger partial charge in [0.15, 0.2) is 15.0 Å². The van der Waals surface area contributed by atoms with Crippen molar-refractivity contribution in [3.8, 4) is 0 Å². The molecular formula is C21H21ClN2O3S2. The normalized spacial score (nSPS) is 24.1. The van der Waals surface area contributed by atoms with Gasteiger partial charge in [-0.1, -0.05) is 71.4 Å². The van der Waals surface area contributed by atoms with Gasteiger partial charge in [-0.2, -0.15) is 4.99 Å². The van der Waals surface area contributed by atoms with E-state index in [9.17, 15) is 13.2 Å². The number of aryl methyl sites for hydroxylation is 1. The van der Waals surface area contributed by atoms with Crippen LogP contribution in [0.4, 0.5) is 0 Å². The van der Waals surface area contributed by atoms with E-state index >= 15 is 0 Å². The van der Waals surface area contributed by atoms with E-state index in [0.717, 1.165) is 16.7 Å². The van der Waals surface area contributed by atoms with E-state index < -0.39 is 9.84 Å². The van der Waals surface area contributed by atoms with Crippen LogP contribution in [0.5, 0.6) is 0 Å². The summed E-state index contributed by atoms with van der Waals surface area (Å²) in [5.41, 5.74) is 2.96. The standard InChI is InChI=1S/C21H21ClN2O3S2/c1-14-6-8-15(9-7-14)11-24-18-12-29(26,27)13-19(18)28-21(24)23-20(25)10-16-4-2-3-5-17(16)22/h2-9,18-19H,10-13H2,1H3/t18-,19+/m0/s1. The summed E-state index contributed by atoms with van der Waals surface area (Å²) in [4.78, 5) is 18.9. The van der Waals surface area contributed by atoms with Gasteiger partial charge in [0.2, 0.25) is 0 Å².